The van der Waals surface area contributed by atoms with Gasteiger partial charge in [-0.1, -0.05) is 42.5 Å². The maximum absolute atomic E-state index is 14.0. The van der Waals surface area contributed by atoms with E-state index in [-0.39, 0.29) is 23.4 Å². The first-order chi connectivity index (χ1) is 15.6. The SMILES string of the molecule is O=C(CCCc1ccccc1)Nc1ccnn1C1CCN(C(=O)c2ccccc2F)CC1. The molecule has 2 heterocycles. The Morgan fingerprint density at radius 2 is 1.72 bits per heavy atom. The van der Waals surface area contributed by atoms with Crippen molar-refractivity contribution in [3.63, 3.8) is 0 Å². The average molecular weight is 435 g/mol. The number of nitrogens with zero attached hydrogens (tertiary/aromatic N) is 3. The Morgan fingerprint density at radius 3 is 2.47 bits per heavy atom. The molecule has 32 heavy (non-hydrogen) atoms. The number of halogens is 1. The van der Waals surface area contributed by atoms with E-state index < -0.39 is 5.82 Å². The van der Waals surface area contributed by atoms with Crippen molar-refractivity contribution in [2.24, 2.45) is 0 Å². The molecule has 2 amide bonds. The number of likely N-dealkylation sites (tertiary alicyclic amines) is 1. The van der Waals surface area contributed by atoms with Crippen LogP contribution in [0.15, 0.2) is 66.9 Å². The van der Waals surface area contributed by atoms with E-state index in [0.717, 1.165) is 12.8 Å². The molecule has 1 aromatic heterocycles. The van der Waals surface area contributed by atoms with Gasteiger partial charge in [-0.3, -0.25) is 9.59 Å². The zero-order valence-electron chi connectivity index (χ0n) is 17.9. The lowest BCUT2D eigenvalue weighted by molar-refractivity contribution is -0.116. The summed E-state index contributed by atoms with van der Waals surface area (Å²) in [5, 5.41) is 7.37. The van der Waals surface area contributed by atoms with Crippen LogP contribution in [0.5, 0.6) is 0 Å². The third-order valence-corrected chi connectivity index (χ3v) is 5.85. The molecular weight excluding hydrogens is 407 g/mol. The standard InChI is InChI=1S/C25H27FN4O2/c26-22-11-5-4-10-21(22)25(32)29-17-14-20(15-18-29)30-23(13-16-27-30)28-24(31)12-6-9-19-7-2-1-3-8-19/h1-5,7-8,10-11,13,16,20H,6,9,12,14-15,17-18H2,(H,28,31). The predicted molar refractivity (Wildman–Crippen MR) is 121 cm³/mol. The first-order valence-corrected chi connectivity index (χ1v) is 11.0. The van der Waals surface area contributed by atoms with Gasteiger partial charge in [-0.05, 0) is 43.4 Å². The van der Waals surface area contributed by atoms with Crippen LogP contribution in [-0.4, -0.2) is 39.6 Å². The van der Waals surface area contributed by atoms with Crippen LogP contribution < -0.4 is 5.32 Å². The summed E-state index contributed by atoms with van der Waals surface area (Å²) in [6.07, 6.45) is 5.15. The Bertz CT molecular complexity index is 1060. The summed E-state index contributed by atoms with van der Waals surface area (Å²) >= 11 is 0. The summed E-state index contributed by atoms with van der Waals surface area (Å²) in [4.78, 5) is 26.7. The molecule has 1 N–H and O–H groups in total. The minimum absolute atomic E-state index is 0.0325. The van der Waals surface area contributed by atoms with Gasteiger partial charge in [0, 0.05) is 25.6 Å². The van der Waals surface area contributed by atoms with Crippen molar-refractivity contribution < 1.29 is 14.0 Å². The van der Waals surface area contributed by atoms with Gasteiger partial charge < -0.3 is 10.2 Å². The molecule has 6 nitrogen and oxygen atoms in total. The number of aryl methyl sites for hydroxylation is 1. The number of carbonyl (C=O) groups excluding carboxylic acids is 2. The maximum atomic E-state index is 14.0. The van der Waals surface area contributed by atoms with Crippen LogP contribution in [0, 0.1) is 5.82 Å². The fourth-order valence-corrected chi connectivity index (χ4v) is 4.13. The van der Waals surface area contributed by atoms with Crippen LogP contribution in [0.2, 0.25) is 0 Å². The molecule has 166 valence electrons. The highest BCUT2D eigenvalue weighted by atomic mass is 19.1. The van der Waals surface area contributed by atoms with Gasteiger partial charge in [0.1, 0.15) is 11.6 Å². The van der Waals surface area contributed by atoms with Crippen molar-refractivity contribution >= 4 is 17.6 Å². The predicted octanol–water partition coefficient (Wildman–Crippen LogP) is 4.46. The van der Waals surface area contributed by atoms with Gasteiger partial charge in [0.05, 0.1) is 17.8 Å². The topological polar surface area (TPSA) is 67.2 Å². The lowest BCUT2D eigenvalue weighted by atomic mass is 10.0. The Kier molecular flexibility index (Phi) is 6.94. The second kappa shape index (κ2) is 10.2. The highest BCUT2D eigenvalue weighted by Crippen LogP contribution is 2.26. The minimum Gasteiger partial charge on any atom is -0.338 e. The van der Waals surface area contributed by atoms with Gasteiger partial charge in [0.25, 0.3) is 5.91 Å². The van der Waals surface area contributed by atoms with E-state index in [1.54, 1.807) is 29.3 Å². The van der Waals surface area contributed by atoms with Crippen LogP contribution in [-0.2, 0) is 11.2 Å². The van der Waals surface area contributed by atoms with E-state index in [1.807, 2.05) is 22.9 Å². The van der Waals surface area contributed by atoms with Crippen LogP contribution in [0.4, 0.5) is 10.2 Å². The number of nitrogens with one attached hydrogen (secondary N) is 1. The summed E-state index contributed by atoms with van der Waals surface area (Å²) in [5.41, 5.74) is 1.33. The van der Waals surface area contributed by atoms with Gasteiger partial charge in [0.15, 0.2) is 0 Å². The third kappa shape index (κ3) is 5.22. The van der Waals surface area contributed by atoms with Crippen LogP contribution in [0.1, 0.15) is 47.6 Å². The summed E-state index contributed by atoms with van der Waals surface area (Å²) < 4.78 is 15.8. The molecule has 1 aliphatic heterocycles. The molecule has 7 heteroatoms. The first-order valence-electron chi connectivity index (χ1n) is 11.0. The van der Waals surface area contributed by atoms with Crippen molar-refractivity contribution in [1.29, 1.82) is 0 Å². The molecule has 0 bridgehead atoms. The zero-order chi connectivity index (χ0) is 22.3. The number of piperidine rings is 1. The van der Waals surface area contributed by atoms with E-state index in [1.165, 1.54) is 17.7 Å². The van der Waals surface area contributed by atoms with E-state index in [0.29, 0.717) is 38.2 Å². The molecule has 1 fully saturated rings. The van der Waals surface area contributed by atoms with Crippen molar-refractivity contribution in [2.75, 3.05) is 18.4 Å². The van der Waals surface area contributed by atoms with Gasteiger partial charge in [0.2, 0.25) is 5.91 Å². The average Bonchev–Trinajstić information content (AvgIpc) is 3.28. The molecule has 0 atom stereocenters. The van der Waals surface area contributed by atoms with E-state index in [2.05, 4.69) is 22.5 Å². The number of aromatic nitrogens is 2. The Hall–Kier alpha value is -3.48. The van der Waals surface area contributed by atoms with Gasteiger partial charge >= 0.3 is 0 Å². The fraction of sp³-hybridized carbons (Fsp3) is 0.320. The molecule has 1 aliphatic rings. The second-order valence-electron chi connectivity index (χ2n) is 8.05. The number of anilines is 1. The van der Waals surface area contributed by atoms with Crippen molar-refractivity contribution in [3.05, 3.63) is 83.8 Å². The Balaban J connectivity index is 1.29. The summed E-state index contributed by atoms with van der Waals surface area (Å²) in [5.74, 6) is -0.138. The van der Waals surface area contributed by atoms with Gasteiger partial charge in [-0.25, -0.2) is 9.07 Å². The van der Waals surface area contributed by atoms with Crippen molar-refractivity contribution in [2.45, 2.75) is 38.1 Å². The molecule has 4 rings (SSSR count). The van der Waals surface area contributed by atoms with Gasteiger partial charge in [-0.15, -0.1) is 0 Å². The molecule has 0 saturated carbocycles. The number of benzene rings is 2. The summed E-state index contributed by atoms with van der Waals surface area (Å²) in [7, 11) is 0. The van der Waals surface area contributed by atoms with E-state index >= 15 is 0 Å². The lowest BCUT2D eigenvalue weighted by Gasteiger charge is -2.32. The smallest absolute Gasteiger partial charge is 0.256 e. The largest absolute Gasteiger partial charge is 0.338 e. The van der Waals surface area contributed by atoms with Crippen LogP contribution >= 0.6 is 0 Å². The number of carbonyl (C=O) groups is 2. The van der Waals surface area contributed by atoms with Gasteiger partial charge in [-0.2, -0.15) is 5.10 Å². The fourth-order valence-electron chi connectivity index (χ4n) is 4.13. The maximum Gasteiger partial charge on any atom is 0.256 e. The minimum atomic E-state index is -0.496. The van der Waals surface area contributed by atoms with E-state index in [9.17, 15) is 14.0 Å². The second-order valence-corrected chi connectivity index (χ2v) is 8.05. The quantitative estimate of drug-likeness (QED) is 0.597. The normalized spacial score (nSPS) is 14.3. The van der Waals surface area contributed by atoms with Crippen molar-refractivity contribution in [1.82, 2.24) is 14.7 Å². The van der Waals surface area contributed by atoms with Crippen LogP contribution in [0.25, 0.3) is 0 Å². The molecule has 0 spiro atoms. The summed E-state index contributed by atoms with van der Waals surface area (Å²) in [6.45, 7) is 1.03. The first kappa shape index (κ1) is 21.7. The molecule has 2 aromatic carbocycles. The highest BCUT2D eigenvalue weighted by Gasteiger charge is 2.27. The molecule has 0 radical (unpaired) electrons. The van der Waals surface area contributed by atoms with Crippen molar-refractivity contribution in [3.8, 4) is 0 Å². The monoisotopic (exact) mass is 434 g/mol. The Labute approximate surface area is 187 Å². The lowest BCUT2D eigenvalue weighted by Crippen LogP contribution is -2.39. The number of amides is 2. The molecule has 1 saturated heterocycles. The van der Waals surface area contributed by atoms with E-state index in [4.69, 9.17) is 0 Å². The zero-order valence-corrected chi connectivity index (χ0v) is 17.9. The molecular formula is C25H27FN4O2. The molecule has 0 aliphatic carbocycles. The number of rotatable bonds is 7. The third-order valence-electron chi connectivity index (χ3n) is 5.85. The number of hydrogen-bond donors (Lipinski definition) is 1. The Morgan fingerprint density at radius 1 is 1.00 bits per heavy atom. The molecule has 3 aromatic rings. The number of hydrogen-bond acceptors (Lipinski definition) is 3. The van der Waals surface area contributed by atoms with Crippen LogP contribution in [0.3, 0.4) is 0 Å². The highest BCUT2D eigenvalue weighted by molar-refractivity contribution is 5.94. The summed E-state index contributed by atoms with van der Waals surface area (Å²) in [6, 6.07) is 18.1. The molecule has 0 unspecified atom stereocenters.